The third kappa shape index (κ3) is 3.70. The third-order valence-electron chi connectivity index (χ3n) is 4.95. The maximum atomic E-state index is 5.43. The molecule has 1 saturated heterocycles. The first-order chi connectivity index (χ1) is 11.3. The summed E-state index contributed by atoms with van der Waals surface area (Å²) in [5, 5.41) is 4.78. The van der Waals surface area contributed by atoms with E-state index in [1.54, 1.807) is 7.11 Å². The van der Waals surface area contributed by atoms with Gasteiger partial charge in [0.2, 0.25) is 0 Å². The van der Waals surface area contributed by atoms with Gasteiger partial charge in [-0.15, -0.1) is 0 Å². The van der Waals surface area contributed by atoms with Crippen LogP contribution in [0.25, 0.3) is 10.9 Å². The Morgan fingerprint density at radius 2 is 2.04 bits per heavy atom. The molecule has 1 atom stereocenters. The quantitative estimate of drug-likeness (QED) is 0.765. The van der Waals surface area contributed by atoms with Gasteiger partial charge in [0.1, 0.15) is 5.75 Å². The van der Waals surface area contributed by atoms with Crippen molar-refractivity contribution in [1.29, 1.82) is 0 Å². The fraction of sp³-hybridized carbons (Fsp3) is 0.579. The van der Waals surface area contributed by atoms with Crippen LogP contribution < -0.4 is 10.1 Å². The van der Waals surface area contributed by atoms with Gasteiger partial charge < -0.3 is 15.0 Å². The molecule has 0 spiro atoms. The van der Waals surface area contributed by atoms with Gasteiger partial charge in [-0.3, -0.25) is 4.90 Å². The zero-order chi connectivity index (χ0) is 16.1. The average Bonchev–Trinajstić information content (AvgIpc) is 3.02. The Morgan fingerprint density at radius 3 is 2.78 bits per heavy atom. The van der Waals surface area contributed by atoms with Gasteiger partial charge >= 0.3 is 0 Å². The summed E-state index contributed by atoms with van der Waals surface area (Å²) in [6.45, 7) is 6.73. The summed E-state index contributed by atoms with van der Waals surface area (Å²) in [7, 11) is 1.74. The molecule has 0 unspecified atom stereocenters. The molecule has 3 rings (SSSR count). The van der Waals surface area contributed by atoms with E-state index in [-0.39, 0.29) is 0 Å². The fourth-order valence-corrected chi connectivity index (χ4v) is 3.64. The molecule has 1 aromatic heterocycles. The van der Waals surface area contributed by atoms with Crippen LogP contribution in [0, 0.1) is 0 Å². The van der Waals surface area contributed by atoms with Gasteiger partial charge in [-0.2, -0.15) is 0 Å². The lowest BCUT2D eigenvalue weighted by Gasteiger charge is -2.35. The van der Waals surface area contributed by atoms with Crippen molar-refractivity contribution in [2.24, 2.45) is 0 Å². The molecule has 2 aromatic rings. The van der Waals surface area contributed by atoms with Gasteiger partial charge in [0.25, 0.3) is 0 Å². The van der Waals surface area contributed by atoms with Gasteiger partial charge in [-0.1, -0.05) is 26.2 Å². The third-order valence-corrected chi connectivity index (χ3v) is 4.95. The highest BCUT2D eigenvalue weighted by Gasteiger charge is 2.24. The second kappa shape index (κ2) is 7.84. The number of hydrogen-bond donors (Lipinski definition) is 2. The van der Waals surface area contributed by atoms with Crippen LogP contribution in [0.15, 0.2) is 24.4 Å². The molecule has 1 fully saturated rings. The van der Waals surface area contributed by atoms with Gasteiger partial charge in [0.05, 0.1) is 7.11 Å². The van der Waals surface area contributed by atoms with E-state index in [1.807, 2.05) is 6.07 Å². The Balaban J connectivity index is 1.90. The van der Waals surface area contributed by atoms with Gasteiger partial charge in [0.15, 0.2) is 0 Å². The van der Waals surface area contributed by atoms with Crippen LogP contribution in [0.5, 0.6) is 5.75 Å². The minimum atomic E-state index is 0.504. The van der Waals surface area contributed by atoms with Crippen LogP contribution in [0.3, 0.4) is 0 Å². The number of aromatic nitrogens is 1. The number of H-pyrrole nitrogens is 1. The molecule has 0 amide bonds. The van der Waals surface area contributed by atoms with E-state index >= 15 is 0 Å². The highest BCUT2D eigenvalue weighted by Crippen LogP contribution is 2.34. The summed E-state index contributed by atoms with van der Waals surface area (Å²) >= 11 is 0. The minimum Gasteiger partial charge on any atom is -0.497 e. The summed E-state index contributed by atoms with van der Waals surface area (Å²) in [6, 6.07) is 6.83. The molecule has 0 saturated carbocycles. The topological polar surface area (TPSA) is 40.3 Å². The molecule has 23 heavy (non-hydrogen) atoms. The fourth-order valence-electron chi connectivity index (χ4n) is 3.64. The molecule has 0 bridgehead atoms. The van der Waals surface area contributed by atoms with Crippen LogP contribution >= 0.6 is 0 Å². The Bertz CT molecular complexity index is 616. The molecule has 2 heterocycles. The molecule has 1 aliphatic heterocycles. The number of nitrogens with zero attached hydrogens (tertiary/aromatic N) is 1. The molecule has 2 N–H and O–H groups in total. The van der Waals surface area contributed by atoms with Crippen molar-refractivity contribution in [3.05, 3.63) is 30.0 Å². The van der Waals surface area contributed by atoms with Crippen molar-refractivity contribution in [3.63, 3.8) is 0 Å². The number of benzene rings is 1. The van der Waals surface area contributed by atoms with Crippen molar-refractivity contribution in [1.82, 2.24) is 15.2 Å². The zero-order valence-corrected chi connectivity index (χ0v) is 14.4. The smallest absolute Gasteiger partial charge is 0.119 e. The molecule has 4 nitrogen and oxygen atoms in total. The van der Waals surface area contributed by atoms with Crippen molar-refractivity contribution in [3.8, 4) is 5.75 Å². The number of unbranched alkanes of at least 4 members (excludes halogenated alkanes) is 2. The van der Waals surface area contributed by atoms with Gasteiger partial charge in [-0.05, 0) is 30.2 Å². The molecular formula is C19H29N3O. The summed E-state index contributed by atoms with van der Waals surface area (Å²) in [5.74, 6) is 0.936. The van der Waals surface area contributed by atoms with E-state index in [4.69, 9.17) is 4.74 Å². The average molecular weight is 315 g/mol. The van der Waals surface area contributed by atoms with Crippen molar-refractivity contribution in [2.75, 3.05) is 33.3 Å². The lowest BCUT2D eigenvalue weighted by atomic mass is 9.97. The molecule has 0 aliphatic carbocycles. The zero-order valence-electron chi connectivity index (χ0n) is 14.4. The van der Waals surface area contributed by atoms with Gasteiger partial charge in [0, 0.05) is 49.3 Å². The number of hydrogen-bond acceptors (Lipinski definition) is 3. The van der Waals surface area contributed by atoms with Crippen LogP contribution in [-0.4, -0.2) is 43.2 Å². The SMILES string of the molecule is CCCCC[C@@H](c1c[nH]c2ccc(OC)cc12)N1CCNCC1. The number of fused-ring (bicyclic) bond motifs is 1. The van der Waals surface area contributed by atoms with Crippen LogP contribution in [0.4, 0.5) is 0 Å². The molecule has 126 valence electrons. The van der Waals surface area contributed by atoms with E-state index in [0.29, 0.717) is 6.04 Å². The molecular weight excluding hydrogens is 286 g/mol. The van der Waals surface area contributed by atoms with E-state index in [0.717, 1.165) is 31.9 Å². The highest BCUT2D eigenvalue weighted by atomic mass is 16.5. The Morgan fingerprint density at radius 1 is 1.22 bits per heavy atom. The normalized spacial score (nSPS) is 17.5. The van der Waals surface area contributed by atoms with Gasteiger partial charge in [-0.25, -0.2) is 0 Å². The summed E-state index contributed by atoms with van der Waals surface area (Å²) in [5.41, 5.74) is 2.63. The number of rotatable bonds is 7. The largest absolute Gasteiger partial charge is 0.497 e. The first-order valence-electron chi connectivity index (χ1n) is 8.93. The Hall–Kier alpha value is -1.52. The van der Waals surface area contributed by atoms with Crippen LogP contribution in [-0.2, 0) is 0 Å². The van der Waals surface area contributed by atoms with E-state index in [2.05, 4.69) is 40.5 Å². The second-order valence-electron chi connectivity index (χ2n) is 6.45. The molecule has 0 radical (unpaired) electrons. The Labute approximate surface area is 139 Å². The lowest BCUT2D eigenvalue weighted by molar-refractivity contribution is 0.163. The first kappa shape index (κ1) is 16.3. The maximum absolute atomic E-state index is 5.43. The van der Waals surface area contributed by atoms with Crippen LogP contribution in [0.2, 0.25) is 0 Å². The minimum absolute atomic E-state index is 0.504. The molecule has 4 heteroatoms. The maximum Gasteiger partial charge on any atom is 0.119 e. The number of nitrogens with one attached hydrogen (secondary N) is 2. The number of methoxy groups -OCH3 is 1. The summed E-state index contributed by atoms with van der Waals surface area (Å²) in [4.78, 5) is 6.10. The summed E-state index contributed by atoms with van der Waals surface area (Å²) < 4.78 is 5.43. The number of ether oxygens (including phenoxy) is 1. The standard InChI is InChI=1S/C19H29N3O/c1-3-4-5-6-19(22-11-9-20-10-12-22)17-14-21-18-8-7-15(23-2)13-16(17)18/h7-8,13-14,19-21H,3-6,9-12H2,1-2H3/t19-/m0/s1. The van der Waals surface area contributed by atoms with E-state index in [9.17, 15) is 0 Å². The van der Waals surface area contributed by atoms with E-state index < -0.39 is 0 Å². The van der Waals surface area contributed by atoms with Crippen molar-refractivity contribution in [2.45, 2.75) is 38.6 Å². The lowest BCUT2D eigenvalue weighted by Crippen LogP contribution is -2.45. The van der Waals surface area contributed by atoms with Crippen molar-refractivity contribution < 1.29 is 4.74 Å². The predicted octanol–water partition coefficient (Wildman–Crippen LogP) is 3.70. The highest BCUT2D eigenvalue weighted by molar-refractivity contribution is 5.85. The van der Waals surface area contributed by atoms with Crippen LogP contribution in [0.1, 0.15) is 44.2 Å². The second-order valence-corrected chi connectivity index (χ2v) is 6.45. The van der Waals surface area contributed by atoms with E-state index in [1.165, 1.54) is 42.1 Å². The number of piperazine rings is 1. The molecule has 1 aromatic carbocycles. The van der Waals surface area contributed by atoms with Crippen molar-refractivity contribution >= 4 is 10.9 Å². The number of aromatic amines is 1. The molecule has 1 aliphatic rings. The summed E-state index contributed by atoms with van der Waals surface area (Å²) in [6.07, 6.45) is 7.33. The monoisotopic (exact) mass is 315 g/mol. The predicted molar refractivity (Wildman–Crippen MR) is 96.2 cm³/mol. The Kier molecular flexibility index (Phi) is 5.57. The first-order valence-corrected chi connectivity index (χ1v) is 8.93.